The van der Waals surface area contributed by atoms with Gasteiger partial charge in [0.25, 0.3) is 5.91 Å². The maximum atomic E-state index is 13.0. The third kappa shape index (κ3) is 3.99. The number of carbonyl (C=O) groups excluding carboxylic acids is 3. The lowest BCUT2D eigenvalue weighted by Gasteiger charge is -2.24. The number of hydrogen-bond acceptors (Lipinski definition) is 4. The van der Waals surface area contributed by atoms with E-state index < -0.39 is 23.4 Å². The van der Waals surface area contributed by atoms with Crippen LogP contribution in [0.5, 0.6) is 0 Å². The van der Waals surface area contributed by atoms with Crippen molar-refractivity contribution in [1.29, 1.82) is 0 Å². The fourth-order valence-corrected chi connectivity index (χ4v) is 3.27. The van der Waals surface area contributed by atoms with Crippen molar-refractivity contribution in [2.45, 2.75) is 45.6 Å². The highest BCUT2D eigenvalue weighted by atomic mass is 16.2. The van der Waals surface area contributed by atoms with Crippen LogP contribution in [0, 0.1) is 6.92 Å². The van der Waals surface area contributed by atoms with E-state index in [1.165, 1.54) is 0 Å². The fraction of sp³-hybridized carbons (Fsp3) is 0.364. The molecule has 152 valence electrons. The van der Waals surface area contributed by atoms with Gasteiger partial charge in [-0.15, -0.1) is 0 Å². The van der Waals surface area contributed by atoms with Crippen LogP contribution in [-0.2, 0) is 20.5 Å². The van der Waals surface area contributed by atoms with Gasteiger partial charge in [0.1, 0.15) is 17.9 Å². The Bertz CT molecular complexity index is 963. The van der Waals surface area contributed by atoms with Gasteiger partial charge in [0.05, 0.1) is 0 Å². The molecule has 1 aromatic carbocycles. The van der Waals surface area contributed by atoms with Crippen LogP contribution in [0.2, 0.25) is 0 Å². The lowest BCUT2D eigenvalue weighted by Crippen LogP contribution is -2.42. The van der Waals surface area contributed by atoms with Crippen LogP contribution in [0.4, 0.5) is 10.6 Å². The average molecular weight is 394 g/mol. The summed E-state index contributed by atoms with van der Waals surface area (Å²) in [4.78, 5) is 42.9. The predicted molar refractivity (Wildman–Crippen MR) is 110 cm³/mol. The van der Waals surface area contributed by atoms with Crippen molar-refractivity contribution in [3.05, 3.63) is 59.3 Å². The molecular formula is C22H26N4O3. The maximum Gasteiger partial charge on any atom is 0.325 e. The Morgan fingerprint density at radius 2 is 1.83 bits per heavy atom. The Morgan fingerprint density at radius 1 is 1.17 bits per heavy atom. The molecule has 1 aliphatic heterocycles. The smallest absolute Gasteiger partial charge is 0.319 e. The van der Waals surface area contributed by atoms with Crippen molar-refractivity contribution in [2.24, 2.45) is 0 Å². The summed E-state index contributed by atoms with van der Waals surface area (Å²) in [6, 6.07) is 10.6. The highest BCUT2D eigenvalue weighted by molar-refractivity contribution is 6.10. The Balaban J connectivity index is 1.76. The van der Waals surface area contributed by atoms with E-state index in [-0.39, 0.29) is 12.0 Å². The lowest BCUT2D eigenvalue weighted by atomic mass is 9.84. The molecule has 7 nitrogen and oxygen atoms in total. The molecule has 0 bridgehead atoms. The molecule has 3 rings (SSSR count). The summed E-state index contributed by atoms with van der Waals surface area (Å²) in [5.74, 6) is -0.536. The molecule has 2 heterocycles. The average Bonchev–Trinajstić information content (AvgIpc) is 2.87. The number of rotatable bonds is 4. The van der Waals surface area contributed by atoms with Crippen molar-refractivity contribution < 1.29 is 14.4 Å². The van der Waals surface area contributed by atoms with Crippen molar-refractivity contribution >= 4 is 23.7 Å². The van der Waals surface area contributed by atoms with Crippen molar-refractivity contribution in [3.8, 4) is 0 Å². The number of benzene rings is 1. The number of aromatic nitrogens is 1. The highest BCUT2D eigenvalue weighted by Gasteiger charge is 2.49. The molecule has 29 heavy (non-hydrogen) atoms. The number of hydrogen-bond donors (Lipinski definition) is 2. The Morgan fingerprint density at radius 3 is 2.41 bits per heavy atom. The van der Waals surface area contributed by atoms with Crippen LogP contribution < -0.4 is 10.6 Å². The third-order valence-corrected chi connectivity index (χ3v) is 5.17. The zero-order valence-electron chi connectivity index (χ0n) is 17.4. The topological polar surface area (TPSA) is 91.4 Å². The minimum atomic E-state index is -1.21. The largest absolute Gasteiger partial charge is 0.325 e. The van der Waals surface area contributed by atoms with Crippen molar-refractivity contribution in [3.63, 3.8) is 0 Å². The second-order valence-corrected chi connectivity index (χ2v) is 8.49. The minimum Gasteiger partial charge on any atom is -0.319 e. The maximum absolute atomic E-state index is 13.0. The van der Waals surface area contributed by atoms with Crippen molar-refractivity contribution in [2.75, 3.05) is 11.9 Å². The van der Waals surface area contributed by atoms with Gasteiger partial charge in [0.2, 0.25) is 5.91 Å². The molecule has 0 saturated carbocycles. The summed E-state index contributed by atoms with van der Waals surface area (Å²) in [7, 11) is 0. The number of nitrogens with one attached hydrogen (secondary N) is 2. The van der Waals surface area contributed by atoms with Crippen LogP contribution in [-0.4, -0.2) is 34.3 Å². The SMILES string of the molecule is Cc1cccnc1NC(=O)CN1C(=O)NC(C)(c2ccc(C(C)(C)C)cc2)C1=O. The van der Waals surface area contributed by atoms with E-state index in [1.54, 1.807) is 19.2 Å². The van der Waals surface area contributed by atoms with Crippen molar-refractivity contribution in [1.82, 2.24) is 15.2 Å². The second-order valence-electron chi connectivity index (χ2n) is 8.49. The van der Waals surface area contributed by atoms with Gasteiger partial charge in [-0.25, -0.2) is 9.78 Å². The van der Waals surface area contributed by atoms with E-state index in [0.717, 1.165) is 16.0 Å². The summed E-state index contributed by atoms with van der Waals surface area (Å²) in [5, 5.41) is 5.37. The van der Waals surface area contributed by atoms with Gasteiger partial charge in [-0.3, -0.25) is 14.5 Å². The standard InChI is InChI=1S/C22H26N4O3/c1-14-7-6-12-23-18(14)24-17(27)13-26-19(28)22(5,25-20(26)29)16-10-8-15(9-11-16)21(2,3)4/h6-12H,13H2,1-5H3,(H,25,29)(H,23,24,27). The molecule has 1 saturated heterocycles. The Labute approximate surface area is 170 Å². The van der Waals surface area contributed by atoms with E-state index >= 15 is 0 Å². The van der Waals surface area contributed by atoms with Gasteiger partial charge in [-0.1, -0.05) is 51.1 Å². The number of imide groups is 1. The van der Waals surface area contributed by atoms with Crippen LogP contribution in [0.25, 0.3) is 0 Å². The van der Waals surface area contributed by atoms with Gasteiger partial charge in [0.15, 0.2) is 0 Å². The zero-order valence-corrected chi connectivity index (χ0v) is 17.4. The summed E-state index contributed by atoms with van der Waals surface area (Å²) in [5.41, 5.74) is 1.36. The van der Waals surface area contributed by atoms with Crippen LogP contribution >= 0.6 is 0 Å². The van der Waals surface area contributed by atoms with Gasteiger partial charge < -0.3 is 10.6 Å². The monoisotopic (exact) mass is 394 g/mol. The molecule has 0 spiro atoms. The van der Waals surface area contributed by atoms with Gasteiger partial charge >= 0.3 is 6.03 Å². The van der Waals surface area contributed by atoms with E-state index in [9.17, 15) is 14.4 Å². The number of pyridine rings is 1. The summed E-state index contributed by atoms with van der Waals surface area (Å²) in [6.45, 7) is 9.41. The molecule has 0 radical (unpaired) electrons. The van der Waals surface area contributed by atoms with E-state index in [1.807, 2.05) is 37.3 Å². The fourth-order valence-electron chi connectivity index (χ4n) is 3.27. The number of nitrogens with zero attached hydrogens (tertiary/aromatic N) is 2. The first-order chi connectivity index (χ1) is 13.5. The molecule has 1 aliphatic rings. The molecular weight excluding hydrogens is 368 g/mol. The molecule has 2 N–H and O–H groups in total. The normalized spacial score (nSPS) is 19.3. The number of carbonyl (C=O) groups is 3. The Kier molecular flexibility index (Phi) is 5.17. The molecule has 4 amide bonds. The Hall–Kier alpha value is -3.22. The molecule has 1 aromatic heterocycles. The predicted octanol–water partition coefficient (Wildman–Crippen LogP) is 3.09. The number of amides is 4. The summed E-state index contributed by atoms with van der Waals surface area (Å²) in [6.07, 6.45) is 1.56. The van der Waals surface area contributed by atoms with Gasteiger partial charge in [-0.05, 0) is 42.0 Å². The van der Waals surface area contributed by atoms with Gasteiger partial charge in [-0.2, -0.15) is 0 Å². The summed E-state index contributed by atoms with van der Waals surface area (Å²) < 4.78 is 0. The van der Waals surface area contributed by atoms with Crippen LogP contribution in [0.1, 0.15) is 44.4 Å². The third-order valence-electron chi connectivity index (χ3n) is 5.17. The van der Waals surface area contributed by atoms with Gasteiger partial charge in [0, 0.05) is 6.20 Å². The van der Waals surface area contributed by atoms with E-state index in [2.05, 4.69) is 36.4 Å². The number of anilines is 1. The molecule has 7 heteroatoms. The minimum absolute atomic E-state index is 0.0178. The quantitative estimate of drug-likeness (QED) is 0.780. The molecule has 1 unspecified atom stereocenters. The first kappa shape index (κ1) is 20.5. The molecule has 0 aliphatic carbocycles. The van der Waals surface area contributed by atoms with E-state index in [0.29, 0.717) is 11.4 Å². The lowest BCUT2D eigenvalue weighted by molar-refractivity contribution is -0.133. The molecule has 2 aromatic rings. The van der Waals surface area contributed by atoms with E-state index in [4.69, 9.17) is 0 Å². The molecule has 1 atom stereocenters. The van der Waals surface area contributed by atoms with Crippen LogP contribution in [0.3, 0.4) is 0 Å². The first-order valence-corrected chi connectivity index (χ1v) is 9.49. The second kappa shape index (κ2) is 7.31. The van der Waals surface area contributed by atoms with Crippen LogP contribution in [0.15, 0.2) is 42.6 Å². The first-order valence-electron chi connectivity index (χ1n) is 9.49. The molecule has 1 fully saturated rings. The number of urea groups is 1. The zero-order chi connectivity index (χ0) is 21.4. The number of aryl methyl sites for hydroxylation is 1. The summed E-state index contributed by atoms with van der Waals surface area (Å²) >= 11 is 0. The highest BCUT2D eigenvalue weighted by Crippen LogP contribution is 2.31.